The molecule has 1 unspecified atom stereocenters. The van der Waals surface area contributed by atoms with Crippen LogP contribution in [0, 0.1) is 0 Å². The number of carboxylic acid groups (broad SMARTS) is 1. The second-order valence-corrected chi connectivity index (χ2v) is 5.02. The molecule has 112 valence electrons. The standard InChI is InChI=1S/C17H14O5/c1-21-12-6-7-13-14(18)9-15(22-16(13)8-12)10-2-4-11(5-3-10)17(19)20/h2-8,15H,9H2,1H3,(H,19,20). The van der Waals surface area contributed by atoms with Gasteiger partial charge in [0.1, 0.15) is 17.6 Å². The molecule has 0 fully saturated rings. The van der Waals surface area contributed by atoms with E-state index in [1.807, 2.05) is 0 Å². The molecule has 0 radical (unpaired) electrons. The maximum Gasteiger partial charge on any atom is 0.335 e. The van der Waals surface area contributed by atoms with Gasteiger partial charge in [-0.25, -0.2) is 4.79 Å². The van der Waals surface area contributed by atoms with E-state index in [1.54, 1.807) is 37.4 Å². The number of ketones is 1. The van der Waals surface area contributed by atoms with Gasteiger partial charge in [-0.1, -0.05) is 12.1 Å². The lowest BCUT2D eigenvalue weighted by molar-refractivity contribution is 0.0695. The minimum atomic E-state index is -0.984. The molecule has 1 aliphatic rings. The Morgan fingerprint density at radius 1 is 1.23 bits per heavy atom. The Labute approximate surface area is 127 Å². The van der Waals surface area contributed by atoms with Crippen LogP contribution in [-0.4, -0.2) is 24.0 Å². The molecular weight excluding hydrogens is 284 g/mol. The van der Waals surface area contributed by atoms with Crippen molar-refractivity contribution in [2.45, 2.75) is 12.5 Å². The van der Waals surface area contributed by atoms with Gasteiger partial charge in [0.15, 0.2) is 5.78 Å². The molecule has 0 aliphatic carbocycles. The zero-order valence-corrected chi connectivity index (χ0v) is 11.9. The number of hydrogen-bond acceptors (Lipinski definition) is 4. The summed E-state index contributed by atoms with van der Waals surface area (Å²) in [7, 11) is 1.55. The molecule has 2 aromatic rings. The van der Waals surface area contributed by atoms with Crippen molar-refractivity contribution in [2.24, 2.45) is 0 Å². The fourth-order valence-corrected chi connectivity index (χ4v) is 2.46. The first-order valence-corrected chi connectivity index (χ1v) is 6.79. The number of carboxylic acids is 1. The summed E-state index contributed by atoms with van der Waals surface area (Å²) >= 11 is 0. The summed E-state index contributed by atoms with van der Waals surface area (Å²) in [4.78, 5) is 23.1. The second kappa shape index (κ2) is 5.52. The SMILES string of the molecule is COc1ccc2c(c1)OC(c1ccc(C(=O)O)cc1)CC2=O. The van der Waals surface area contributed by atoms with Gasteiger partial charge in [0.2, 0.25) is 0 Å². The van der Waals surface area contributed by atoms with E-state index in [-0.39, 0.29) is 17.8 Å². The minimum Gasteiger partial charge on any atom is -0.497 e. The Hall–Kier alpha value is -2.82. The van der Waals surface area contributed by atoms with Gasteiger partial charge in [0.05, 0.1) is 24.7 Å². The number of ether oxygens (including phenoxy) is 2. The molecule has 1 aliphatic heterocycles. The normalized spacial score (nSPS) is 16.6. The lowest BCUT2D eigenvalue weighted by atomic mass is 9.95. The molecule has 1 heterocycles. The summed E-state index contributed by atoms with van der Waals surface area (Å²) < 4.78 is 11.0. The Bertz CT molecular complexity index is 733. The molecule has 0 saturated heterocycles. The number of fused-ring (bicyclic) bond motifs is 1. The monoisotopic (exact) mass is 298 g/mol. The summed E-state index contributed by atoms with van der Waals surface area (Å²) in [5, 5.41) is 8.92. The van der Waals surface area contributed by atoms with Gasteiger partial charge in [0.25, 0.3) is 0 Å². The largest absolute Gasteiger partial charge is 0.497 e. The number of aromatic carboxylic acids is 1. The summed E-state index contributed by atoms with van der Waals surface area (Å²) in [6, 6.07) is 11.5. The van der Waals surface area contributed by atoms with E-state index in [1.165, 1.54) is 12.1 Å². The van der Waals surface area contributed by atoms with Crippen LogP contribution in [0.1, 0.15) is 38.8 Å². The molecule has 1 N–H and O–H groups in total. The maximum absolute atomic E-state index is 12.2. The van der Waals surface area contributed by atoms with E-state index in [2.05, 4.69) is 0 Å². The van der Waals surface area contributed by atoms with Crippen molar-refractivity contribution >= 4 is 11.8 Å². The van der Waals surface area contributed by atoms with E-state index < -0.39 is 12.1 Å². The second-order valence-electron chi connectivity index (χ2n) is 5.02. The van der Waals surface area contributed by atoms with E-state index in [0.717, 1.165) is 5.56 Å². The molecule has 3 rings (SSSR count). The molecule has 5 nitrogen and oxygen atoms in total. The van der Waals surface area contributed by atoms with Gasteiger partial charge in [-0.15, -0.1) is 0 Å². The van der Waals surface area contributed by atoms with E-state index in [0.29, 0.717) is 17.1 Å². The molecular formula is C17H14O5. The van der Waals surface area contributed by atoms with E-state index in [9.17, 15) is 9.59 Å². The molecule has 1 atom stereocenters. The van der Waals surface area contributed by atoms with Crippen molar-refractivity contribution in [2.75, 3.05) is 7.11 Å². The first kappa shape index (κ1) is 14.1. The van der Waals surface area contributed by atoms with Crippen LogP contribution >= 0.6 is 0 Å². The van der Waals surface area contributed by atoms with Crippen molar-refractivity contribution in [1.82, 2.24) is 0 Å². The average Bonchev–Trinajstić information content (AvgIpc) is 2.54. The zero-order chi connectivity index (χ0) is 15.7. The number of rotatable bonds is 3. The van der Waals surface area contributed by atoms with Crippen LogP contribution in [0.15, 0.2) is 42.5 Å². The van der Waals surface area contributed by atoms with Crippen LogP contribution < -0.4 is 9.47 Å². The first-order chi connectivity index (χ1) is 10.6. The van der Waals surface area contributed by atoms with E-state index in [4.69, 9.17) is 14.6 Å². The average molecular weight is 298 g/mol. The Kier molecular flexibility index (Phi) is 3.55. The molecule has 0 saturated carbocycles. The summed E-state index contributed by atoms with van der Waals surface area (Å²) in [5.74, 6) is 0.120. The number of carbonyl (C=O) groups excluding carboxylic acids is 1. The van der Waals surface area contributed by atoms with Gasteiger partial charge in [-0.3, -0.25) is 4.79 Å². The van der Waals surface area contributed by atoms with Crippen LogP contribution in [0.25, 0.3) is 0 Å². The van der Waals surface area contributed by atoms with Crippen LogP contribution in [0.3, 0.4) is 0 Å². The highest BCUT2D eigenvalue weighted by atomic mass is 16.5. The predicted molar refractivity (Wildman–Crippen MR) is 78.7 cm³/mol. The molecule has 0 bridgehead atoms. The summed E-state index contributed by atoms with van der Waals surface area (Å²) in [5.41, 5.74) is 1.51. The first-order valence-electron chi connectivity index (χ1n) is 6.79. The molecule has 0 aromatic heterocycles. The van der Waals surface area contributed by atoms with Crippen molar-refractivity contribution in [3.63, 3.8) is 0 Å². The van der Waals surface area contributed by atoms with E-state index >= 15 is 0 Å². The zero-order valence-electron chi connectivity index (χ0n) is 11.9. The molecule has 0 amide bonds. The Morgan fingerprint density at radius 2 is 1.95 bits per heavy atom. The lowest BCUT2D eigenvalue weighted by Gasteiger charge is -2.25. The highest BCUT2D eigenvalue weighted by molar-refractivity contribution is 6.00. The highest BCUT2D eigenvalue weighted by Crippen LogP contribution is 2.36. The molecule has 2 aromatic carbocycles. The van der Waals surface area contributed by atoms with Crippen molar-refractivity contribution < 1.29 is 24.2 Å². The third kappa shape index (κ3) is 2.53. The van der Waals surface area contributed by atoms with Crippen LogP contribution in [0.2, 0.25) is 0 Å². The smallest absolute Gasteiger partial charge is 0.335 e. The lowest BCUT2D eigenvalue weighted by Crippen LogP contribution is -2.20. The van der Waals surface area contributed by atoms with Gasteiger partial charge in [0, 0.05) is 6.07 Å². The Balaban J connectivity index is 1.90. The minimum absolute atomic E-state index is 0.00351. The van der Waals surface area contributed by atoms with Crippen molar-refractivity contribution in [3.05, 3.63) is 59.2 Å². The fraction of sp³-hybridized carbons (Fsp3) is 0.176. The summed E-state index contributed by atoms with van der Waals surface area (Å²) in [6.07, 6.45) is -0.193. The molecule has 22 heavy (non-hydrogen) atoms. The van der Waals surface area contributed by atoms with Crippen molar-refractivity contribution in [3.8, 4) is 11.5 Å². The van der Waals surface area contributed by atoms with Gasteiger partial charge in [-0.05, 0) is 29.8 Å². The highest BCUT2D eigenvalue weighted by Gasteiger charge is 2.28. The predicted octanol–water partition coefficient (Wildman–Crippen LogP) is 3.10. The fourth-order valence-electron chi connectivity index (χ4n) is 2.46. The van der Waals surface area contributed by atoms with Crippen molar-refractivity contribution in [1.29, 1.82) is 0 Å². The molecule has 5 heteroatoms. The Morgan fingerprint density at radius 3 is 2.59 bits per heavy atom. The van der Waals surface area contributed by atoms with Gasteiger partial charge < -0.3 is 14.6 Å². The maximum atomic E-state index is 12.2. The number of benzene rings is 2. The number of Topliss-reactive ketones (excluding diaryl/α,β-unsaturated/α-hetero) is 1. The third-order valence-corrected chi connectivity index (χ3v) is 3.66. The van der Waals surface area contributed by atoms with Crippen LogP contribution in [0.5, 0.6) is 11.5 Å². The topological polar surface area (TPSA) is 72.8 Å². The number of carbonyl (C=O) groups is 2. The number of methoxy groups -OCH3 is 1. The van der Waals surface area contributed by atoms with Crippen LogP contribution in [-0.2, 0) is 0 Å². The third-order valence-electron chi connectivity index (χ3n) is 3.66. The molecule has 0 spiro atoms. The number of hydrogen-bond donors (Lipinski definition) is 1. The summed E-state index contributed by atoms with van der Waals surface area (Å²) in [6.45, 7) is 0. The quantitative estimate of drug-likeness (QED) is 0.942. The van der Waals surface area contributed by atoms with Crippen LogP contribution in [0.4, 0.5) is 0 Å². The van der Waals surface area contributed by atoms with Gasteiger partial charge >= 0.3 is 5.97 Å². The van der Waals surface area contributed by atoms with Gasteiger partial charge in [-0.2, -0.15) is 0 Å².